The van der Waals surface area contributed by atoms with Crippen LogP contribution in [0.3, 0.4) is 0 Å². The number of hydrogen-bond donors (Lipinski definition) is 0. The molecule has 2 aromatic rings. The molecule has 2 aromatic heterocycles. The molecule has 0 aromatic carbocycles. The Morgan fingerprint density at radius 1 is 1.20 bits per heavy atom. The minimum atomic E-state index is 0.312. The molecule has 0 radical (unpaired) electrons. The normalized spacial score (nSPS) is 10.0. The van der Waals surface area contributed by atoms with Gasteiger partial charge in [0, 0.05) is 10.7 Å². The summed E-state index contributed by atoms with van der Waals surface area (Å²) in [6.45, 7) is 0. The summed E-state index contributed by atoms with van der Waals surface area (Å²) < 4.78 is 6.24. The maximum atomic E-state index is 5.83. The Morgan fingerprint density at radius 2 is 2.07 bits per heavy atom. The minimum Gasteiger partial charge on any atom is -0.436 e. The monoisotopic (exact) mass is 285 g/mol. The van der Waals surface area contributed by atoms with Gasteiger partial charge in [0.25, 0.3) is 0 Å². The Labute approximate surface area is 99.4 Å². The van der Waals surface area contributed by atoms with Crippen LogP contribution in [-0.2, 0) is 0 Å². The molecule has 0 aliphatic carbocycles. The van der Waals surface area contributed by atoms with Crippen molar-refractivity contribution in [3.05, 3.63) is 40.5 Å². The summed E-state index contributed by atoms with van der Waals surface area (Å²) in [6, 6.07) is 1.77. The topological polar surface area (TPSA) is 47.9 Å². The van der Waals surface area contributed by atoms with E-state index in [4.69, 9.17) is 16.3 Å². The molecule has 76 valence electrons. The largest absolute Gasteiger partial charge is 0.436 e. The van der Waals surface area contributed by atoms with E-state index < -0.39 is 0 Å². The van der Waals surface area contributed by atoms with Crippen molar-refractivity contribution < 1.29 is 4.74 Å². The maximum Gasteiger partial charge on any atom is 0.241 e. The zero-order valence-corrected chi connectivity index (χ0v) is 9.73. The number of rotatable bonds is 2. The van der Waals surface area contributed by atoms with Crippen molar-refractivity contribution in [3.8, 4) is 11.6 Å². The lowest BCUT2D eigenvalue weighted by Crippen LogP contribution is -1.90. The molecular formula is C9H5BrClN3O. The van der Waals surface area contributed by atoms with Gasteiger partial charge in [-0.1, -0.05) is 11.6 Å². The highest BCUT2D eigenvalue weighted by molar-refractivity contribution is 9.10. The van der Waals surface area contributed by atoms with Crippen molar-refractivity contribution >= 4 is 27.5 Å². The molecule has 2 rings (SSSR count). The van der Waals surface area contributed by atoms with Crippen LogP contribution in [0.5, 0.6) is 11.6 Å². The molecule has 0 bridgehead atoms. The van der Waals surface area contributed by atoms with Crippen LogP contribution in [-0.4, -0.2) is 15.0 Å². The van der Waals surface area contributed by atoms with Crippen LogP contribution in [0.25, 0.3) is 0 Å². The van der Waals surface area contributed by atoms with Crippen molar-refractivity contribution in [2.45, 2.75) is 0 Å². The highest BCUT2D eigenvalue weighted by Gasteiger charge is 2.04. The van der Waals surface area contributed by atoms with E-state index in [0.29, 0.717) is 16.7 Å². The van der Waals surface area contributed by atoms with Gasteiger partial charge in [-0.15, -0.1) is 0 Å². The predicted molar refractivity (Wildman–Crippen MR) is 59.1 cm³/mol. The Morgan fingerprint density at radius 3 is 2.80 bits per heavy atom. The van der Waals surface area contributed by atoms with E-state index in [0.717, 1.165) is 4.47 Å². The number of halogens is 2. The molecule has 0 fully saturated rings. The Kier molecular flexibility index (Phi) is 3.13. The van der Waals surface area contributed by atoms with Crippen molar-refractivity contribution in [1.29, 1.82) is 0 Å². The van der Waals surface area contributed by atoms with Crippen LogP contribution < -0.4 is 4.74 Å². The molecule has 0 amide bonds. The van der Waals surface area contributed by atoms with Gasteiger partial charge in [-0.2, -0.15) is 0 Å². The predicted octanol–water partition coefficient (Wildman–Crippen LogP) is 3.08. The summed E-state index contributed by atoms with van der Waals surface area (Å²) in [6.07, 6.45) is 6.07. The fraction of sp³-hybridized carbons (Fsp3) is 0. The van der Waals surface area contributed by atoms with Gasteiger partial charge < -0.3 is 4.74 Å². The van der Waals surface area contributed by atoms with Crippen LogP contribution in [0.2, 0.25) is 5.02 Å². The number of ether oxygens (including phenoxy) is 1. The van der Waals surface area contributed by atoms with Crippen molar-refractivity contribution in [2.24, 2.45) is 0 Å². The second kappa shape index (κ2) is 4.55. The molecule has 15 heavy (non-hydrogen) atoms. The molecule has 0 saturated heterocycles. The standard InChI is InChI=1S/C9H5BrClN3O/c10-6-1-7(3-12-2-6)15-9-8(11)4-13-5-14-9/h1-5H. The average molecular weight is 287 g/mol. The lowest BCUT2D eigenvalue weighted by atomic mass is 10.5. The van der Waals surface area contributed by atoms with Crippen LogP contribution >= 0.6 is 27.5 Å². The highest BCUT2D eigenvalue weighted by Crippen LogP contribution is 2.26. The first-order valence-corrected chi connectivity index (χ1v) is 5.17. The van der Waals surface area contributed by atoms with Crippen LogP contribution in [0, 0.1) is 0 Å². The lowest BCUT2D eigenvalue weighted by Gasteiger charge is -2.04. The molecule has 0 aliphatic rings. The molecule has 0 unspecified atom stereocenters. The third-order valence-corrected chi connectivity index (χ3v) is 2.22. The summed E-state index contributed by atoms with van der Waals surface area (Å²) in [5.74, 6) is 0.872. The van der Waals surface area contributed by atoms with E-state index in [1.165, 1.54) is 12.5 Å². The van der Waals surface area contributed by atoms with Gasteiger partial charge in [0.2, 0.25) is 5.88 Å². The molecule has 6 heteroatoms. The van der Waals surface area contributed by atoms with Gasteiger partial charge in [-0.25, -0.2) is 9.97 Å². The lowest BCUT2D eigenvalue weighted by molar-refractivity contribution is 0.459. The van der Waals surface area contributed by atoms with Crippen molar-refractivity contribution in [1.82, 2.24) is 15.0 Å². The number of nitrogens with zero attached hydrogens (tertiary/aromatic N) is 3. The Hall–Kier alpha value is -1.20. The quantitative estimate of drug-likeness (QED) is 0.851. The molecule has 0 spiro atoms. The zero-order valence-electron chi connectivity index (χ0n) is 7.39. The SMILES string of the molecule is Clc1cncnc1Oc1cncc(Br)c1. The third kappa shape index (κ3) is 2.64. The molecular weight excluding hydrogens is 281 g/mol. The van der Waals surface area contributed by atoms with E-state index in [-0.39, 0.29) is 0 Å². The van der Waals surface area contributed by atoms with Gasteiger partial charge >= 0.3 is 0 Å². The second-order valence-corrected chi connectivity index (χ2v) is 3.94. The molecule has 0 saturated carbocycles. The van der Waals surface area contributed by atoms with Crippen molar-refractivity contribution in [3.63, 3.8) is 0 Å². The smallest absolute Gasteiger partial charge is 0.241 e. The summed E-state index contributed by atoms with van der Waals surface area (Å²) in [7, 11) is 0. The van der Waals surface area contributed by atoms with Gasteiger partial charge in [0.05, 0.1) is 12.4 Å². The van der Waals surface area contributed by atoms with Crippen LogP contribution in [0.4, 0.5) is 0 Å². The van der Waals surface area contributed by atoms with Crippen LogP contribution in [0.1, 0.15) is 0 Å². The van der Waals surface area contributed by atoms with Gasteiger partial charge in [-0.3, -0.25) is 4.98 Å². The zero-order chi connectivity index (χ0) is 10.7. The van der Waals surface area contributed by atoms with E-state index in [9.17, 15) is 0 Å². The summed E-state index contributed by atoms with van der Waals surface area (Å²) in [5.41, 5.74) is 0. The summed E-state index contributed by atoms with van der Waals surface area (Å²) >= 11 is 9.12. The summed E-state index contributed by atoms with van der Waals surface area (Å²) in [5, 5.41) is 0.359. The molecule has 0 N–H and O–H groups in total. The molecule has 4 nitrogen and oxygen atoms in total. The average Bonchev–Trinajstić information content (AvgIpc) is 2.22. The minimum absolute atomic E-state index is 0.312. The first kappa shape index (κ1) is 10.3. The summed E-state index contributed by atoms with van der Waals surface area (Å²) in [4.78, 5) is 11.6. The Balaban J connectivity index is 2.26. The van der Waals surface area contributed by atoms with E-state index >= 15 is 0 Å². The first-order chi connectivity index (χ1) is 7.25. The van der Waals surface area contributed by atoms with Gasteiger partial charge in [-0.05, 0) is 22.0 Å². The van der Waals surface area contributed by atoms with Crippen LogP contribution in [0.15, 0.2) is 35.5 Å². The number of aromatic nitrogens is 3. The molecule has 0 aliphatic heterocycles. The van der Waals surface area contributed by atoms with Gasteiger partial charge in [0.15, 0.2) is 0 Å². The maximum absolute atomic E-state index is 5.83. The van der Waals surface area contributed by atoms with Crippen molar-refractivity contribution in [2.75, 3.05) is 0 Å². The second-order valence-electron chi connectivity index (χ2n) is 2.62. The van der Waals surface area contributed by atoms with E-state index in [1.807, 2.05) is 0 Å². The molecule has 0 atom stereocenters. The number of pyridine rings is 1. The van der Waals surface area contributed by atoms with E-state index in [2.05, 4.69) is 30.9 Å². The Bertz CT molecular complexity index is 480. The fourth-order valence-electron chi connectivity index (χ4n) is 0.936. The first-order valence-electron chi connectivity index (χ1n) is 3.99. The fourth-order valence-corrected chi connectivity index (χ4v) is 1.42. The third-order valence-electron chi connectivity index (χ3n) is 1.53. The highest BCUT2D eigenvalue weighted by atomic mass is 79.9. The van der Waals surface area contributed by atoms with E-state index in [1.54, 1.807) is 18.5 Å². The molecule has 2 heterocycles. The van der Waals surface area contributed by atoms with Gasteiger partial charge in [0.1, 0.15) is 17.1 Å². The number of hydrogen-bond acceptors (Lipinski definition) is 4.